The molecule has 180 valence electrons. The fourth-order valence-electron chi connectivity index (χ4n) is 5.17. The van der Waals surface area contributed by atoms with Crippen molar-refractivity contribution in [3.05, 3.63) is 35.1 Å². The molecule has 0 spiro atoms. The third kappa shape index (κ3) is 4.60. The second-order valence-corrected chi connectivity index (χ2v) is 9.01. The molecule has 1 saturated carbocycles. The van der Waals surface area contributed by atoms with Gasteiger partial charge in [0.1, 0.15) is 6.10 Å². The number of Topliss-reactive ketones (excluding diaryl/α,β-unsaturated/α-hetero) is 1. The maximum Gasteiger partial charge on any atom is 0.290 e. The van der Waals surface area contributed by atoms with Crippen molar-refractivity contribution < 1.29 is 28.5 Å². The van der Waals surface area contributed by atoms with E-state index < -0.39 is 6.04 Å². The molecular weight excluding hydrogens is 422 g/mol. The fourth-order valence-corrected chi connectivity index (χ4v) is 5.17. The summed E-state index contributed by atoms with van der Waals surface area (Å²) in [7, 11) is 3.21. The van der Waals surface area contributed by atoms with E-state index >= 15 is 0 Å². The van der Waals surface area contributed by atoms with Gasteiger partial charge in [0.15, 0.2) is 23.0 Å². The summed E-state index contributed by atoms with van der Waals surface area (Å²) in [6.45, 7) is 3.52. The molecule has 0 radical (unpaired) electrons. The molecule has 1 amide bonds. The van der Waals surface area contributed by atoms with Crippen LogP contribution in [0, 0.1) is 5.92 Å². The average Bonchev–Trinajstić information content (AvgIpc) is 3.12. The van der Waals surface area contributed by atoms with Crippen molar-refractivity contribution >= 4 is 11.7 Å². The van der Waals surface area contributed by atoms with Crippen LogP contribution in [-0.4, -0.2) is 56.7 Å². The molecule has 3 aliphatic rings. The molecule has 33 heavy (non-hydrogen) atoms. The third-order valence-electron chi connectivity index (χ3n) is 6.90. The summed E-state index contributed by atoms with van der Waals surface area (Å²) >= 11 is 0. The van der Waals surface area contributed by atoms with Crippen LogP contribution in [-0.2, 0) is 19.1 Å². The van der Waals surface area contributed by atoms with E-state index in [-0.39, 0.29) is 29.5 Å². The molecule has 1 fully saturated rings. The van der Waals surface area contributed by atoms with E-state index in [1.165, 1.54) is 0 Å². The van der Waals surface area contributed by atoms with Gasteiger partial charge in [-0.25, -0.2) is 0 Å². The lowest BCUT2D eigenvalue weighted by molar-refractivity contribution is -0.135. The van der Waals surface area contributed by atoms with E-state index in [4.69, 9.17) is 18.9 Å². The van der Waals surface area contributed by atoms with Crippen LogP contribution in [0.1, 0.15) is 63.5 Å². The molecule has 1 aliphatic carbocycles. The number of nitrogens with zero attached hydrogens (tertiary/aromatic N) is 1. The minimum Gasteiger partial charge on any atom is -0.493 e. The van der Waals surface area contributed by atoms with E-state index in [1.807, 2.05) is 18.2 Å². The van der Waals surface area contributed by atoms with Crippen molar-refractivity contribution in [2.45, 2.75) is 64.0 Å². The van der Waals surface area contributed by atoms with Crippen LogP contribution in [0.25, 0.3) is 0 Å². The zero-order chi connectivity index (χ0) is 23.4. The Labute approximate surface area is 196 Å². The highest BCUT2D eigenvalue weighted by atomic mass is 16.5. The maximum absolute atomic E-state index is 13.6. The molecular formula is C26H35NO6. The number of amides is 1. The van der Waals surface area contributed by atoms with Gasteiger partial charge in [0.2, 0.25) is 0 Å². The third-order valence-corrected chi connectivity index (χ3v) is 6.90. The Hall–Kier alpha value is -2.54. The standard InChI is InChI=1S/C26H35NO6/c1-4-5-8-14-32-20-12-11-17(16-21(20)31-3)23-22-24(28)18-9-6-7-10-19(18)33-25(22)26(29)27(23)13-15-30-2/h11-12,16,18-19,23H,4-10,13-15H2,1-3H3. The van der Waals surface area contributed by atoms with Crippen molar-refractivity contribution in [2.75, 3.05) is 34.0 Å². The van der Waals surface area contributed by atoms with Gasteiger partial charge in [-0.05, 0) is 43.4 Å². The van der Waals surface area contributed by atoms with Gasteiger partial charge >= 0.3 is 0 Å². The number of fused-ring (bicyclic) bond motifs is 1. The van der Waals surface area contributed by atoms with Gasteiger partial charge in [0, 0.05) is 13.7 Å². The summed E-state index contributed by atoms with van der Waals surface area (Å²) in [4.78, 5) is 28.7. The SMILES string of the molecule is CCCCCOc1ccc(C2C3=C(OC4CCCCC4C3=O)C(=O)N2CCOC)cc1OC. The van der Waals surface area contributed by atoms with Crippen molar-refractivity contribution in [1.29, 1.82) is 0 Å². The van der Waals surface area contributed by atoms with Gasteiger partial charge in [0.25, 0.3) is 5.91 Å². The number of unbranched alkanes of at least 4 members (excludes halogenated alkanes) is 2. The zero-order valence-corrected chi connectivity index (χ0v) is 19.9. The fraction of sp³-hybridized carbons (Fsp3) is 0.615. The number of hydrogen-bond donors (Lipinski definition) is 0. The molecule has 7 nitrogen and oxygen atoms in total. The predicted octanol–water partition coefficient (Wildman–Crippen LogP) is 4.21. The Kier molecular flexibility index (Phi) is 7.58. The second kappa shape index (κ2) is 10.6. The van der Waals surface area contributed by atoms with Gasteiger partial charge in [-0.3, -0.25) is 9.59 Å². The van der Waals surface area contributed by atoms with E-state index in [1.54, 1.807) is 19.1 Å². The highest BCUT2D eigenvalue weighted by Gasteiger charge is 2.51. The number of rotatable bonds is 10. The van der Waals surface area contributed by atoms with Crippen LogP contribution in [0.5, 0.6) is 11.5 Å². The largest absolute Gasteiger partial charge is 0.493 e. The molecule has 1 aromatic rings. The molecule has 2 aliphatic heterocycles. The van der Waals surface area contributed by atoms with E-state index in [9.17, 15) is 9.59 Å². The average molecular weight is 458 g/mol. The van der Waals surface area contributed by atoms with Gasteiger partial charge in [-0.15, -0.1) is 0 Å². The Morgan fingerprint density at radius 1 is 1.06 bits per heavy atom. The molecule has 0 saturated heterocycles. The van der Waals surface area contributed by atoms with E-state index in [2.05, 4.69) is 6.92 Å². The smallest absolute Gasteiger partial charge is 0.290 e. The van der Waals surface area contributed by atoms with Crippen LogP contribution in [0.4, 0.5) is 0 Å². The monoisotopic (exact) mass is 457 g/mol. The molecule has 1 aromatic carbocycles. The summed E-state index contributed by atoms with van der Waals surface area (Å²) in [6, 6.07) is 5.16. The molecule has 0 N–H and O–H groups in total. The zero-order valence-electron chi connectivity index (χ0n) is 19.9. The molecule has 0 aromatic heterocycles. The van der Waals surface area contributed by atoms with Gasteiger partial charge < -0.3 is 23.8 Å². The number of carbonyl (C=O) groups excluding carboxylic acids is 2. The summed E-state index contributed by atoms with van der Waals surface area (Å²) in [6.07, 6.45) is 6.71. The second-order valence-electron chi connectivity index (χ2n) is 9.01. The van der Waals surface area contributed by atoms with Gasteiger partial charge in [-0.1, -0.05) is 32.3 Å². The quantitative estimate of drug-likeness (QED) is 0.490. The minimum absolute atomic E-state index is 0.0538. The first-order chi connectivity index (χ1) is 16.1. The van der Waals surface area contributed by atoms with Crippen molar-refractivity contribution in [3.8, 4) is 11.5 Å². The topological polar surface area (TPSA) is 74.3 Å². The van der Waals surface area contributed by atoms with Crippen molar-refractivity contribution in [1.82, 2.24) is 4.90 Å². The molecule has 7 heteroatoms. The summed E-state index contributed by atoms with van der Waals surface area (Å²) in [5, 5.41) is 0. The lowest BCUT2D eigenvalue weighted by Gasteiger charge is -2.35. The summed E-state index contributed by atoms with van der Waals surface area (Å²) in [5.74, 6) is 1.14. The maximum atomic E-state index is 13.6. The first-order valence-electron chi connectivity index (χ1n) is 12.2. The van der Waals surface area contributed by atoms with Crippen LogP contribution in [0.3, 0.4) is 0 Å². The number of methoxy groups -OCH3 is 2. The lowest BCUT2D eigenvalue weighted by atomic mass is 9.77. The van der Waals surface area contributed by atoms with Crippen LogP contribution in [0.15, 0.2) is 29.5 Å². The Morgan fingerprint density at radius 3 is 2.64 bits per heavy atom. The first kappa shape index (κ1) is 23.6. The number of carbonyl (C=O) groups is 2. The van der Waals surface area contributed by atoms with Gasteiger partial charge in [-0.2, -0.15) is 0 Å². The summed E-state index contributed by atoms with van der Waals surface area (Å²) in [5.41, 5.74) is 1.30. The predicted molar refractivity (Wildman–Crippen MR) is 123 cm³/mol. The molecule has 4 rings (SSSR count). The number of benzene rings is 1. The number of hydrogen-bond acceptors (Lipinski definition) is 6. The summed E-state index contributed by atoms with van der Waals surface area (Å²) < 4.78 is 23.0. The van der Waals surface area contributed by atoms with Crippen LogP contribution >= 0.6 is 0 Å². The van der Waals surface area contributed by atoms with Crippen LogP contribution in [0.2, 0.25) is 0 Å². The molecule has 0 bridgehead atoms. The lowest BCUT2D eigenvalue weighted by Crippen LogP contribution is -2.39. The normalized spacial score (nSPS) is 24.5. The van der Waals surface area contributed by atoms with E-state index in [0.29, 0.717) is 36.8 Å². The van der Waals surface area contributed by atoms with Crippen molar-refractivity contribution in [3.63, 3.8) is 0 Å². The molecule has 3 unspecified atom stereocenters. The molecule has 2 heterocycles. The van der Waals surface area contributed by atoms with E-state index in [0.717, 1.165) is 50.5 Å². The Morgan fingerprint density at radius 2 is 1.88 bits per heavy atom. The minimum atomic E-state index is -0.513. The highest BCUT2D eigenvalue weighted by molar-refractivity contribution is 6.11. The van der Waals surface area contributed by atoms with Crippen LogP contribution < -0.4 is 9.47 Å². The number of ketones is 1. The van der Waals surface area contributed by atoms with Crippen molar-refractivity contribution in [2.24, 2.45) is 5.92 Å². The highest BCUT2D eigenvalue weighted by Crippen LogP contribution is 2.47. The Bertz CT molecular complexity index is 910. The number of ether oxygens (including phenoxy) is 4. The van der Waals surface area contributed by atoms with Gasteiger partial charge in [0.05, 0.1) is 37.9 Å². The Balaban J connectivity index is 1.67. The first-order valence-corrected chi connectivity index (χ1v) is 12.2. The molecule has 3 atom stereocenters.